The number of aromatic nitrogens is 4. The lowest BCUT2D eigenvalue weighted by Crippen LogP contribution is -1.97. The van der Waals surface area contributed by atoms with Crippen molar-refractivity contribution in [1.82, 2.24) is 19.1 Å². The number of rotatable bonds is 10. The molecule has 0 atom stereocenters. The molecule has 0 aliphatic carbocycles. The van der Waals surface area contributed by atoms with Crippen LogP contribution < -0.4 is 0 Å². The molecule has 0 radical (unpaired) electrons. The van der Waals surface area contributed by atoms with Gasteiger partial charge in [0.05, 0.1) is 22.1 Å². The zero-order valence-electron chi connectivity index (χ0n) is 55.7. The van der Waals surface area contributed by atoms with Gasteiger partial charge in [0.1, 0.15) is 11.6 Å². The van der Waals surface area contributed by atoms with Crippen LogP contribution in [-0.2, 0) is 0 Å². The Balaban J connectivity index is 0.000000143. The van der Waals surface area contributed by atoms with Crippen molar-refractivity contribution in [3.63, 3.8) is 0 Å². The van der Waals surface area contributed by atoms with Gasteiger partial charge in [0.25, 0.3) is 0 Å². The Bertz CT molecular complexity index is 6520. The standard InChI is InChI=1S/C53H34N2.C45H30N2/c1-2-16-44(17-3-1)55-50-21-11-10-20-49(50)54-53(55)38-26-22-37(23-27-38)41-30-31-47-48(34-41)52(43-29-25-36-13-5-7-15-40(36)33-43)46-19-9-8-18-45(46)51(47)42-28-24-35-12-4-6-14-39(35)32-42;1-4-14-32(15-5-1)43-37-20-10-12-22-39(37)44(40-23-13-11-21-38(40)43)33-26-24-31(25-27-33)35-28-29-42-41(30-35)46-45(34-16-6-2-7-17-34)47(42)36-18-8-3-9-19-36/h1-34H;1-30H. The quantitative estimate of drug-likeness (QED) is 0.128. The summed E-state index contributed by atoms with van der Waals surface area (Å²) in [5.41, 5.74) is 23.1. The second-order valence-electron chi connectivity index (χ2n) is 26.3. The molecule has 0 bridgehead atoms. The summed E-state index contributed by atoms with van der Waals surface area (Å²) in [7, 11) is 0. The van der Waals surface area contributed by atoms with Crippen LogP contribution in [0.5, 0.6) is 0 Å². The van der Waals surface area contributed by atoms with Gasteiger partial charge in [-0.25, -0.2) is 9.97 Å². The molecule has 4 nitrogen and oxygen atoms in total. The second kappa shape index (κ2) is 25.4. The summed E-state index contributed by atoms with van der Waals surface area (Å²) < 4.78 is 4.52. The van der Waals surface area contributed by atoms with Crippen LogP contribution in [-0.4, -0.2) is 19.1 Å². The van der Waals surface area contributed by atoms with Crippen molar-refractivity contribution in [1.29, 1.82) is 0 Å². The van der Waals surface area contributed by atoms with E-state index in [0.717, 1.165) is 67.3 Å². The first-order chi connectivity index (χ1) is 50.6. The van der Waals surface area contributed by atoms with Crippen molar-refractivity contribution in [3.05, 3.63) is 388 Å². The van der Waals surface area contributed by atoms with E-state index in [-0.39, 0.29) is 0 Å². The molecule has 0 saturated carbocycles. The van der Waals surface area contributed by atoms with Gasteiger partial charge in [-0.1, -0.05) is 322 Å². The molecular formula is C98H64N4. The Morgan fingerprint density at radius 1 is 0.167 bits per heavy atom. The zero-order valence-corrected chi connectivity index (χ0v) is 55.7. The van der Waals surface area contributed by atoms with E-state index in [1.807, 2.05) is 6.07 Å². The average molecular weight is 1300 g/mol. The van der Waals surface area contributed by atoms with Crippen molar-refractivity contribution in [2.45, 2.75) is 0 Å². The van der Waals surface area contributed by atoms with Crippen molar-refractivity contribution in [3.8, 4) is 101 Å². The minimum absolute atomic E-state index is 0.933. The van der Waals surface area contributed by atoms with Crippen LogP contribution in [0.4, 0.5) is 0 Å². The highest BCUT2D eigenvalue weighted by atomic mass is 15.1. The van der Waals surface area contributed by atoms with Crippen LogP contribution in [0.25, 0.3) is 188 Å². The van der Waals surface area contributed by atoms with E-state index in [4.69, 9.17) is 9.97 Å². The molecule has 0 aliphatic rings. The van der Waals surface area contributed by atoms with E-state index < -0.39 is 0 Å². The molecule has 102 heavy (non-hydrogen) atoms. The van der Waals surface area contributed by atoms with E-state index in [1.165, 1.54) is 120 Å². The van der Waals surface area contributed by atoms with Crippen molar-refractivity contribution in [2.75, 3.05) is 0 Å². The van der Waals surface area contributed by atoms with E-state index in [2.05, 4.69) is 391 Å². The molecule has 0 N–H and O–H groups in total. The van der Waals surface area contributed by atoms with E-state index in [0.29, 0.717) is 0 Å². The number of nitrogens with zero attached hydrogens (tertiary/aromatic N) is 4. The summed E-state index contributed by atoms with van der Waals surface area (Å²) in [5.74, 6) is 1.87. The maximum atomic E-state index is 5.18. The van der Waals surface area contributed by atoms with Crippen LogP contribution in [0.2, 0.25) is 0 Å². The second-order valence-corrected chi connectivity index (χ2v) is 26.3. The Labute approximate surface area is 591 Å². The largest absolute Gasteiger partial charge is 0.292 e. The maximum Gasteiger partial charge on any atom is 0.145 e. The number of hydrogen-bond donors (Lipinski definition) is 0. The Hall–Kier alpha value is -13.5. The van der Waals surface area contributed by atoms with Crippen LogP contribution in [0, 0.1) is 0 Å². The minimum atomic E-state index is 0.933. The molecule has 0 saturated heterocycles. The summed E-state index contributed by atoms with van der Waals surface area (Å²) in [6.07, 6.45) is 0. The van der Waals surface area contributed by atoms with E-state index >= 15 is 0 Å². The first-order valence-electron chi connectivity index (χ1n) is 34.9. The highest BCUT2D eigenvalue weighted by Crippen LogP contribution is 2.48. The number of para-hydroxylation sites is 4. The van der Waals surface area contributed by atoms with Gasteiger partial charge in [-0.05, 0) is 198 Å². The third-order valence-corrected chi connectivity index (χ3v) is 20.4. The molecule has 476 valence electrons. The SMILES string of the molecule is c1ccc(-c2c3ccccc3c(-c3ccc(-c4ccc5c(c4)nc(-c4ccccc4)n5-c4ccccc4)cc3)c3ccccc23)cc1.c1ccc(-n2c(-c3ccc(-c4ccc5c(-c6ccc7ccccc7c6)c6ccccc6c(-c6ccc7ccccc7c6)c5c4)cc3)nc3ccccc32)cc1. The number of benzene rings is 18. The maximum absolute atomic E-state index is 5.18. The van der Waals surface area contributed by atoms with E-state index in [1.54, 1.807) is 0 Å². The normalized spacial score (nSPS) is 11.5. The first-order valence-corrected chi connectivity index (χ1v) is 34.9. The smallest absolute Gasteiger partial charge is 0.145 e. The molecular weight excluding hydrogens is 1230 g/mol. The molecule has 2 heterocycles. The van der Waals surface area contributed by atoms with Gasteiger partial charge in [0, 0.05) is 22.5 Å². The predicted molar refractivity (Wildman–Crippen MR) is 431 cm³/mol. The summed E-state index contributed by atoms with van der Waals surface area (Å²) in [5, 5.41) is 15.0. The molecule has 2 aromatic heterocycles. The van der Waals surface area contributed by atoms with Crippen molar-refractivity contribution < 1.29 is 0 Å². The predicted octanol–water partition coefficient (Wildman–Crippen LogP) is 26.3. The van der Waals surface area contributed by atoms with Gasteiger partial charge in [0.15, 0.2) is 0 Å². The molecule has 20 rings (SSSR count). The van der Waals surface area contributed by atoms with Gasteiger partial charge in [-0.15, -0.1) is 0 Å². The number of fused-ring (bicyclic) bond motifs is 8. The van der Waals surface area contributed by atoms with Gasteiger partial charge >= 0.3 is 0 Å². The lowest BCUT2D eigenvalue weighted by atomic mass is 9.84. The minimum Gasteiger partial charge on any atom is -0.292 e. The van der Waals surface area contributed by atoms with Crippen molar-refractivity contribution >= 4 is 86.7 Å². The molecule has 0 fully saturated rings. The fraction of sp³-hybridized carbons (Fsp3) is 0. The van der Waals surface area contributed by atoms with Crippen LogP contribution in [0.15, 0.2) is 388 Å². The number of imidazole rings is 2. The molecule has 0 aliphatic heterocycles. The monoisotopic (exact) mass is 1300 g/mol. The topological polar surface area (TPSA) is 35.6 Å². The lowest BCUT2D eigenvalue weighted by Gasteiger charge is -2.19. The third-order valence-electron chi connectivity index (χ3n) is 20.4. The molecule has 0 amide bonds. The average Bonchev–Trinajstić information content (AvgIpc) is 1.13. The number of hydrogen-bond acceptors (Lipinski definition) is 2. The van der Waals surface area contributed by atoms with Crippen LogP contribution in [0.1, 0.15) is 0 Å². The molecule has 18 aromatic carbocycles. The van der Waals surface area contributed by atoms with Gasteiger partial charge in [-0.2, -0.15) is 0 Å². The highest BCUT2D eigenvalue weighted by molar-refractivity contribution is 6.24. The van der Waals surface area contributed by atoms with E-state index in [9.17, 15) is 0 Å². The summed E-state index contributed by atoms with van der Waals surface area (Å²) in [6.45, 7) is 0. The Morgan fingerprint density at radius 3 is 0.990 bits per heavy atom. The Kier molecular flexibility index (Phi) is 14.9. The van der Waals surface area contributed by atoms with Gasteiger partial charge < -0.3 is 0 Å². The first kappa shape index (κ1) is 59.7. The molecule has 0 unspecified atom stereocenters. The fourth-order valence-corrected chi connectivity index (χ4v) is 15.6. The highest BCUT2D eigenvalue weighted by Gasteiger charge is 2.22. The molecule has 20 aromatic rings. The van der Waals surface area contributed by atoms with Crippen LogP contribution >= 0.6 is 0 Å². The fourth-order valence-electron chi connectivity index (χ4n) is 15.6. The third kappa shape index (κ3) is 10.6. The summed E-state index contributed by atoms with van der Waals surface area (Å²) >= 11 is 0. The molecule has 4 heteroatoms. The van der Waals surface area contributed by atoms with Crippen molar-refractivity contribution in [2.24, 2.45) is 0 Å². The van der Waals surface area contributed by atoms with Gasteiger partial charge in [0.2, 0.25) is 0 Å². The molecule has 0 spiro atoms. The van der Waals surface area contributed by atoms with Gasteiger partial charge in [-0.3, -0.25) is 9.13 Å². The zero-order chi connectivity index (χ0) is 67.5. The van der Waals surface area contributed by atoms with Crippen LogP contribution in [0.3, 0.4) is 0 Å². The Morgan fingerprint density at radius 2 is 0.480 bits per heavy atom. The summed E-state index contributed by atoms with van der Waals surface area (Å²) in [6, 6.07) is 140. The summed E-state index contributed by atoms with van der Waals surface area (Å²) in [4.78, 5) is 10.3. The lowest BCUT2D eigenvalue weighted by molar-refractivity contribution is 1.10.